The molecule has 6 aromatic rings. The van der Waals surface area contributed by atoms with Crippen LogP contribution in [0.5, 0.6) is 23.0 Å². The Hall–Kier alpha value is -4.44. The molecule has 1 aromatic heterocycles. The van der Waals surface area contributed by atoms with Gasteiger partial charge in [-0.1, -0.05) is 48.5 Å². The molecule has 4 aliphatic rings. The second-order valence-electron chi connectivity index (χ2n) is 11.2. The summed E-state index contributed by atoms with van der Waals surface area (Å²) in [6, 6.07) is 31.1. The molecular formula is C34H22BNO2. The van der Waals surface area contributed by atoms with Crippen molar-refractivity contribution in [2.24, 2.45) is 0 Å². The second kappa shape index (κ2) is 6.70. The van der Waals surface area contributed by atoms with E-state index in [4.69, 9.17) is 9.47 Å². The zero-order valence-corrected chi connectivity index (χ0v) is 20.8. The lowest BCUT2D eigenvalue weighted by molar-refractivity contribution is 0.462. The van der Waals surface area contributed by atoms with Gasteiger partial charge in [0.05, 0.1) is 16.7 Å². The monoisotopic (exact) mass is 487 g/mol. The van der Waals surface area contributed by atoms with E-state index < -0.39 is 0 Å². The van der Waals surface area contributed by atoms with Gasteiger partial charge in [-0.05, 0) is 83.1 Å². The van der Waals surface area contributed by atoms with Crippen LogP contribution in [-0.2, 0) is 25.7 Å². The minimum Gasteiger partial charge on any atom is -0.458 e. The van der Waals surface area contributed by atoms with Crippen LogP contribution in [0.4, 0.5) is 0 Å². The van der Waals surface area contributed by atoms with Gasteiger partial charge in [0.15, 0.2) is 0 Å². The molecular weight excluding hydrogens is 465 g/mol. The molecule has 2 aliphatic carbocycles. The van der Waals surface area contributed by atoms with Crippen LogP contribution in [0.3, 0.4) is 0 Å². The summed E-state index contributed by atoms with van der Waals surface area (Å²) in [5.74, 6) is 3.82. The fraction of sp³-hybridized carbons (Fsp3) is 0.118. The van der Waals surface area contributed by atoms with E-state index in [1.54, 1.807) is 0 Å². The van der Waals surface area contributed by atoms with Crippen molar-refractivity contribution in [1.29, 1.82) is 0 Å². The fourth-order valence-corrected chi connectivity index (χ4v) is 7.20. The van der Waals surface area contributed by atoms with Gasteiger partial charge in [0.1, 0.15) is 23.0 Å². The Morgan fingerprint density at radius 3 is 1.50 bits per heavy atom. The molecule has 10 rings (SSSR count). The molecule has 0 bridgehead atoms. The lowest BCUT2D eigenvalue weighted by Gasteiger charge is -2.36. The van der Waals surface area contributed by atoms with Gasteiger partial charge in [0.2, 0.25) is 0 Å². The molecule has 0 spiro atoms. The van der Waals surface area contributed by atoms with Crippen molar-refractivity contribution in [2.45, 2.75) is 25.7 Å². The molecule has 3 heterocycles. The zero-order valence-electron chi connectivity index (χ0n) is 20.8. The number of aryl methyl sites for hydroxylation is 4. The van der Waals surface area contributed by atoms with E-state index in [9.17, 15) is 0 Å². The number of hydrogen-bond donors (Lipinski definition) is 0. The molecule has 2 aliphatic heterocycles. The van der Waals surface area contributed by atoms with E-state index >= 15 is 0 Å². The van der Waals surface area contributed by atoms with Crippen molar-refractivity contribution in [3.05, 3.63) is 107 Å². The highest BCUT2D eigenvalue weighted by atomic mass is 16.5. The second-order valence-corrected chi connectivity index (χ2v) is 11.2. The number of benzene rings is 5. The largest absolute Gasteiger partial charge is 0.458 e. The highest BCUT2D eigenvalue weighted by Gasteiger charge is 2.42. The molecule has 0 unspecified atom stereocenters. The van der Waals surface area contributed by atoms with E-state index in [2.05, 4.69) is 89.5 Å². The molecule has 3 nitrogen and oxygen atoms in total. The highest BCUT2D eigenvalue weighted by molar-refractivity contribution is 6.98. The molecule has 178 valence electrons. The van der Waals surface area contributed by atoms with Gasteiger partial charge < -0.3 is 14.0 Å². The highest BCUT2D eigenvalue weighted by Crippen LogP contribution is 2.41. The van der Waals surface area contributed by atoms with Crippen LogP contribution in [0.25, 0.3) is 27.5 Å². The third kappa shape index (κ3) is 2.37. The summed E-state index contributed by atoms with van der Waals surface area (Å²) in [6.07, 6.45) is 4.61. The first-order valence-electron chi connectivity index (χ1n) is 13.6. The first-order valence-corrected chi connectivity index (χ1v) is 13.6. The smallest absolute Gasteiger partial charge is 0.260 e. The Morgan fingerprint density at radius 2 is 1.00 bits per heavy atom. The van der Waals surface area contributed by atoms with E-state index in [-0.39, 0.29) is 6.71 Å². The maximum atomic E-state index is 6.75. The molecule has 0 saturated carbocycles. The van der Waals surface area contributed by atoms with Gasteiger partial charge in [-0.2, -0.15) is 0 Å². The van der Waals surface area contributed by atoms with Crippen LogP contribution in [0.1, 0.15) is 22.3 Å². The maximum Gasteiger partial charge on any atom is 0.260 e. The number of fused-ring (bicyclic) bond motifs is 9. The Labute approximate surface area is 220 Å². The van der Waals surface area contributed by atoms with E-state index in [0.717, 1.165) is 59.8 Å². The Balaban J connectivity index is 1.27. The lowest BCUT2D eigenvalue weighted by Crippen LogP contribution is -2.58. The van der Waals surface area contributed by atoms with Gasteiger partial charge in [0, 0.05) is 28.4 Å². The Morgan fingerprint density at radius 1 is 0.526 bits per heavy atom. The molecule has 38 heavy (non-hydrogen) atoms. The number of para-hydroxylation sites is 2. The summed E-state index contributed by atoms with van der Waals surface area (Å²) in [7, 11) is 0. The summed E-state index contributed by atoms with van der Waals surface area (Å²) < 4.78 is 15.8. The van der Waals surface area contributed by atoms with Crippen LogP contribution in [-0.4, -0.2) is 11.3 Å². The van der Waals surface area contributed by atoms with Gasteiger partial charge in [-0.25, -0.2) is 0 Å². The molecule has 0 fully saturated rings. The van der Waals surface area contributed by atoms with Crippen molar-refractivity contribution >= 4 is 44.9 Å². The molecule has 0 radical (unpaired) electrons. The summed E-state index contributed by atoms with van der Waals surface area (Å²) >= 11 is 0. The normalized spacial score (nSPS) is 15.3. The minimum atomic E-state index is 0.136. The van der Waals surface area contributed by atoms with Crippen molar-refractivity contribution in [2.75, 3.05) is 0 Å². The summed E-state index contributed by atoms with van der Waals surface area (Å²) in [4.78, 5) is 0. The molecule has 4 heteroatoms. The quantitative estimate of drug-likeness (QED) is 0.277. The van der Waals surface area contributed by atoms with Crippen LogP contribution in [0.15, 0.2) is 84.9 Å². The number of ether oxygens (including phenoxy) is 2. The Bertz CT molecular complexity index is 1910. The Kier molecular flexibility index (Phi) is 3.47. The molecule has 0 N–H and O–H groups in total. The number of hydrogen-bond acceptors (Lipinski definition) is 2. The number of aromatic nitrogens is 1. The van der Waals surface area contributed by atoms with Gasteiger partial charge in [-0.3, -0.25) is 0 Å². The number of nitrogens with zero attached hydrogens (tertiary/aromatic N) is 1. The zero-order chi connectivity index (χ0) is 24.5. The van der Waals surface area contributed by atoms with Crippen LogP contribution >= 0.6 is 0 Å². The van der Waals surface area contributed by atoms with E-state index in [0.29, 0.717) is 0 Å². The molecule has 0 saturated heterocycles. The lowest BCUT2D eigenvalue weighted by atomic mass is 9.34. The average molecular weight is 487 g/mol. The van der Waals surface area contributed by atoms with Crippen LogP contribution < -0.4 is 25.9 Å². The van der Waals surface area contributed by atoms with Crippen molar-refractivity contribution in [3.8, 4) is 28.7 Å². The number of rotatable bonds is 1. The minimum absolute atomic E-state index is 0.136. The standard InChI is InChI=1S/C34H22BNO2/c1-3-7-28-24(5-1)25-6-2-4-8-29(25)36(28)23-17-32-34-33(18-23)38-31-16-22-12-10-20(22)14-27(31)35(34)26-13-19-9-11-21(19)15-30(26)37-32/h1-8,13-18H,9-12H2. The van der Waals surface area contributed by atoms with Crippen molar-refractivity contribution < 1.29 is 9.47 Å². The van der Waals surface area contributed by atoms with E-state index in [1.807, 2.05) is 0 Å². The summed E-state index contributed by atoms with van der Waals surface area (Å²) in [5, 5.41) is 2.51. The molecule has 5 aromatic carbocycles. The van der Waals surface area contributed by atoms with Gasteiger partial charge >= 0.3 is 0 Å². The van der Waals surface area contributed by atoms with Gasteiger partial charge in [-0.15, -0.1) is 0 Å². The average Bonchev–Trinajstić information content (AvgIpc) is 3.25. The maximum absolute atomic E-state index is 6.75. The predicted molar refractivity (Wildman–Crippen MR) is 153 cm³/mol. The fourth-order valence-electron chi connectivity index (χ4n) is 7.20. The summed E-state index contributed by atoms with van der Waals surface area (Å²) in [5.41, 5.74) is 13.0. The first kappa shape index (κ1) is 19.6. The van der Waals surface area contributed by atoms with Crippen LogP contribution in [0.2, 0.25) is 0 Å². The van der Waals surface area contributed by atoms with Crippen LogP contribution in [0, 0.1) is 0 Å². The van der Waals surface area contributed by atoms with Crippen molar-refractivity contribution in [3.63, 3.8) is 0 Å². The molecule has 0 atom stereocenters. The third-order valence-electron chi connectivity index (χ3n) is 9.27. The van der Waals surface area contributed by atoms with E-state index in [1.165, 1.54) is 55.0 Å². The third-order valence-corrected chi connectivity index (χ3v) is 9.27. The summed E-state index contributed by atoms with van der Waals surface area (Å²) in [6.45, 7) is 0.136. The van der Waals surface area contributed by atoms with Gasteiger partial charge in [0.25, 0.3) is 6.71 Å². The SMILES string of the molecule is c1ccc2c(c1)c1ccccc1n2-c1cc2c3c(c1)Oc1cc4c(cc1B3c1cc3c(cc1O2)CC3)CC4. The topological polar surface area (TPSA) is 23.4 Å². The van der Waals surface area contributed by atoms with Crippen molar-refractivity contribution in [1.82, 2.24) is 4.57 Å². The molecule has 0 amide bonds. The predicted octanol–water partition coefficient (Wildman–Crippen LogP) is 5.71. The first-order chi connectivity index (χ1) is 18.8.